The molecule has 0 amide bonds. The van der Waals surface area contributed by atoms with E-state index in [1.54, 1.807) is 6.20 Å². The van der Waals surface area contributed by atoms with Crippen LogP contribution < -0.4 is 5.32 Å². The molecular formula is C12H14ClN5O2. The normalized spacial score (nSPS) is 10.5. The van der Waals surface area contributed by atoms with Crippen LogP contribution in [0, 0.1) is 10.1 Å². The van der Waals surface area contributed by atoms with Gasteiger partial charge in [-0.05, 0) is 29.0 Å². The molecule has 106 valence electrons. The molecule has 0 unspecified atom stereocenters. The molecule has 0 spiro atoms. The van der Waals surface area contributed by atoms with E-state index in [1.165, 1.54) is 10.9 Å². The van der Waals surface area contributed by atoms with Gasteiger partial charge < -0.3 is 15.4 Å². The van der Waals surface area contributed by atoms with E-state index in [0.29, 0.717) is 6.54 Å². The number of rotatable bonds is 6. The monoisotopic (exact) mass is 295 g/mol. The summed E-state index contributed by atoms with van der Waals surface area (Å²) < 4.78 is 1.44. The van der Waals surface area contributed by atoms with Crippen molar-refractivity contribution in [2.45, 2.75) is 19.9 Å². The van der Waals surface area contributed by atoms with Crippen LogP contribution >= 0.6 is 11.6 Å². The van der Waals surface area contributed by atoms with Crippen LogP contribution in [0.1, 0.15) is 18.9 Å². The lowest BCUT2D eigenvalue weighted by Gasteiger charge is -2.05. The highest BCUT2D eigenvalue weighted by Crippen LogP contribution is 2.22. The van der Waals surface area contributed by atoms with Crippen molar-refractivity contribution in [3.8, 4) is 0 Å². The second kappa shape index (κ2) is 6.33. The first kappa shape index (κ1) is 14.3. The summed E-state index contributed by atoms with van der Waals surface area (Å²) in [5.41, 5.74) is 0.938. The highest BCUT2D eigenvalue weighted by atomic mass is 35.5. The minimum Gasteiger partial charge on any atom is -0.370 e. The van der Waals surface area contributed by atoms with Crippen molar-refractivity contribution in [2.75, 3.05) is 11.9 Å². The largest absolute Gasteiger partial charge is 0.408 e. The fraction of sp³-hybridized carbons (Fsp3) is 0.333. The van der Waals surface area contributed by atoms with Crippen molar-refractivity contribution in [2.24, 2.45) is 0 Å². The van der Waals surface area contributed by atoms with E-state index in [2.05, 4.69) is 22.3 Å². The minimum absolute atomic E-state index is 0.0355. The van der Waals surface area contributed by atoms with Gasteiger partial charge in [-0.25, -0.2) is 4.98 Å². The molecule has 0 radical (unpaired) electrons. The molecule has 0 saturated heterocycles. The van der Waals surface area contributed by atoms with Gasteiger partial charge in [0.05, 0.1) is 17.8 Å². The van der Waals surface area contributed by atoms with E-state index < -0.39 is 4.92 Å². The van der Waals surface area contributed by atoms with Crippen molar-refractivity contribution in [1.82, 2.24) is 14.8 Å². The summed E-state index contributed by atoms with van der Waals surface area (Å²) in [5, 5.41) is 17.7. The average molecular weight is 296 g/mol. The van der Waals surface area contributed by atoms with Gasteiger partial charge in [0, 0.05) is 12.7 Å². The predicted molar refractivity (Wildman–Crippen MR) is 76.0 cm³/mol. The molecule has 20 heavy (non-hydrogen) atoms. The van der Waals surface area contributed by atoms with E-state index in [1.807, 2.05) is 12.1 Å². The summed E-state index contributed by atoms with van der Waals surface area (Å²) in [4.78, 5) is 14.3. The molecule has 0 aliphatic carbocycles. The average Bonchev–Trinajstić information content (AvgIpc) is 2.78. The SMILES string of the molecule is CCCNc1cc(Cn2cc(Cl)c([N+](=O)[O-])n2)ccn1. The molecule has 2 aromatic heterocycles. The zero-order valence-corrected chi connectivity index (χ0v) is 11.7. The summed E-state index contributed by atoms with van der Waals surface area (Å²) in [7, 11) is 0. The molecule has 7 nitrogen and oxygen atoms in total. The Hall–Kier alpha value is -2.15. The van der Waals surface area contributed by atoms with Crippen molar-refractivity contribution in [3.05, 3.63) is 45.2 Å². The summed E-state index contributed by atoms with van der Waals surface area (Å²) in [6.45, 7) is 3.31. The highest BCUT2D eigenvalue weighted by Gasteiger charge is 2.18. The third-order valence-corrected chi connectivity index (χ3v) is 2.86. The quantitative estimate of drug-likeness (QED) is 0.654. The molecule has 2 rings (SSSR count). The molecule has 0 aromatic carbocycles. The van der Waals surface area contributed by atoms with E-state index in [0.717, 1.165) is 24.3 Å². The smallest absolute Gasteiger partial charge is 0.370 e. The van der Waals surface area contributed by atoms with Crippen LogP contribution in [0.2, 0.25) is 5.02 Å². The van der Waals surface area contributed by atoms with Crippen molar-refractivity contribution in [3.63, 3.8) is 0 Å². The maximum atomic E-state index is 10.7. The molecule has 1 N–H and O–H groups in total. The van der Waals surface area contributed by atoms with Crippen LogP contribution in [0.3, 0.4) is 0 Å². The van der Waals surface area contributed by atoms with Gasteiger partial charge in [0.25, 0.3) is 0 Å². The Kier molecular flexibility index (Phi) is 4.52. The number of nitro groups is 1. The minimum atomic E-state index is -0.598. The summed E-state index contributed by atoms with van der Waals surface area (Å²) >= 11 is 5.76. The molecular weight excluding hydrogens is 282 g/mol. The van der Waals surface area contributed by atoms with E-state index in [9.17, 15) is 10.1 Å². The van der Waals surface area contributed by atoms with Crippen LogP contribution in [0.25, 0.3) is 0 Å². The number of anilines is 1. The molecule has 0 bridgehead atoms. The van der Waals surface area contributed by atoms with Gasteiger partial charge >= 0.3 is 5.82 Å². The number of halogens is 1. The van der Waals surface area contributed by atoms with Gasteiger partial charge in [-0.15, -0.1) is 0 Å². The van der Waals surface area contributed by atoms with Gasteiger partial charge in [-0.2, -0.15) is 4.68 Å². The maximum absolute atomic E-state index is 10.7. The van der Waals surface area contributed by atoms with E-state index in [-0.39, 0.29) is 10.8 Å². The molecule has 2 heterocycles. The van der Waals surface area contributed by atoms with Gasteiger partial charge in [0.2, 0.25) is 0 Å². The Bertz CT molecular complexity index is 614. The molecule has 0 aliphatic heterocycles. The number of nitrogens with one attached hydrogen (secondary N) is 1. The van der Waals surface area contributed by atoms with Gasteiger partial charge in [-0.3, -0.25) is 0 Å². The lowest BCUT2D eigenvalue weighted by atomic mass is 10.2. The van der Waals surface area contributed by atoms with Gasteiger partial charge in [-0.1, -0.05) is 18.5 Å². The summed E-state index contributed by atoms with van der Waals surface area (Å²) in [6.07, 6.45) is 4.14. The summed E-state index contributed by atoms with van der Waals surface area (Å²) in [5.74, 6) is 0.446. The number of aromatic nitrogens is 3. The zero-order chi connectivity index (χ0) is 14.5. The first-order valence-corrected chi connectivity index (χ1v) is 6.54. The standard InChI is InChI=1S/C12H14ClN5O2/c1-2-4-14-11-6-9(3-5-15-11)7-17-8-10(13)12(16-17)18(19)20/h3,5-6,8H,2,4,7H2,1H3,(H,14,15). The third kappa shape index (κ3) is 3.45. The van der Waals surface area contributed by atoms with Crippen molar-refractivity contribution in [1.29, 1.82) is 0 Å². The van der Waals surface area contributed by atoms with Crippen LogP contribution in [0.4, 0.5) is 11.6 Å². The fourth-order valence-electron chi connectivity index (χ4n) is 1.70. The lowest BCUT2D eigenvalue weighted by molar-refractivity contribution is -0.389. The Balaban J connectivity index is 2.13. The summed E-state index contributed by atoms with van der Waals surface area (Å²) in [6, 6.07) is 3.72. The van der Waals surface area contributed by atoms with Crippen LogP contribution in [-0.2, 0) is 6.54 Å². The molecule has 2 aromatic rings. The van der Waals surface area contributed by atoms with E-state index >= 15 is 0 Å². The topological polar surface area (TPSA) is 85.9 Å². The Morgan fingerprint density at radius 2 is 2.35 bits per heavy atom. The Morgan fingerprint density at radius 1 is 1.55 bits per heavy atom. The van der Waals surface area contributed by atoms with Gasteiger partial charge in [0.1, 0.15) is 5.82 Å². The van der Waals surface area contributed by atoms with Crippen LogP contribution in [-0.4, -0.2) is 26.2 Å². The van der Waals surface area contributed by atoms with Crippen LogP contribution in [0.5, 0.6) is 0 Å². The molecule has 0 aliphatic rings. The van der Waals surface area contributed by atoms with E-state index in [4.69, 9.17) is 11.6 Å². The molecule has 0 atom stereocenters. The molecule has 0 saturated carbocycles. The van der Waals surface area contributed by atoms with Crippen molar-refractivity contribution < 1.29 is 4.92 Å². The predicted octanol–water partition coefficient (Wildman–Crippen LogP) is 2.71. The number of hydrogen-bond acceptors (Lipinski definition) is 5. The number of nitrogens with zero attached hydrogens (tertiary/aromatic N) is 4. The maximum Gasteiger partial charge on any atom is 0.408 e. The second-order valence-corrected chi connectivity index (χ2v) is 4.64. The number of pyridine rings is 1. The number of hydrogen-bond donors (Lipinski definition) is 1. The second-order valence-electron chi connectivity index (χ2n) is 4.23. The first-order valence-electron chi connectivity index (χ1n) is 6.16. The molecule has 8 heteroatoms. The lowest BCUT2D eigenvalue weighted by Crippen LogP contribution is -2.05. The first-order chi connectivity index (χ1) is 9.60. The highest BCUT2D eigenvalue weighted by molar-refractivity contribution is 6.32. The van der Waals surface area contributed by atoms with Crippen molar-refractivity contribution >= 4 is 23.2 Å². The Morgan fingerprint density at radius 3 is 3.00 bits per heavy atom. The van der Waals surface area contributed by atoms with Gasteiger partial charge in [0.15, 0.2) is 5.02 Å². The fourth-order valence-corrected chi connectivity index (χ4v) is 1.92. The third-order valence-electron chi connectivity index (χ3n) is 2.60. The molecule has 0 fully saturated rings. The zero-order valence-electron chi connectivity index (χ0n) is 10.9. The van der Waals surface area contributed by atoms with Crippen LogP contribution in [0.15, 0.2) is 24.5 Å². The Labute approximate surface area is 120 Å².